The SMILES string of the molecule is COc1ccc(S(=O)(=O)N[C@@H](C)C(=O)OC(C)C(=O)Nc2cccc3ncccc23)cc1. The molecule has 1 aromatic heterocycles. The monoisotopic (exact) mass is 457 g/mol. The van der Waals surface area contributed by atoms with Gasteiger partial charge in [0.15, 0.2) is 6.10 Å². The summed E-state index contributed by atoms with van der Waals surface area (Å²) in [7, 11) is -2.51. The third-order valence-corrected chi connectivity index (χ3v) is 6.18. The molecule has 3 rings (SSSR count). The van der Waals surface area contributed by atoms with Crippen LogP contribution in [0, 0.1) is 0 Å². The summed E-state index contributed by atoms with van der Waals surface area (Å²) in [5, 5.41) is 3.45. The van der Waals surface area contributed by atoms with Crippen LogP contribution in [0.4, 0.5) is 5.69 Å². The molecule has 2 aromatic carbocycles. The van der Waals surface area contributed by atoms with E-state index in [1.807, 2.05) is 12.1 Å². The van der Waals surface area contributed by atoms with Gasteiger partial charge in [-0.25, -0.2) is 8.42 Å². The van der Waals surface area contributed by atoms with E-state index in [1.54, 1.807) is 24.4 Å². The Hall–Kier alpha value is -3.50. The maximum Gasteiger partial charge on any atom is 0.324 e. The number of carbonyl (C=O) groups excluding carboxylic acids is 2. The lowest BCUT2D eigenvalue weighted by Gasteiger charge is -2.18. The molecule has 0 fully saturated rings. The molecule has 3 aromatic rings. The van der Waals surface area contributed by atoms with Gasteiger partial charge in [0.2, 0.25) is 10.0 Å². The van der Waals surface area contributed by atoms with Gasteiger partial charge in [-0.3, -0.25) is 14.6 Å². The molecule has 1 heterocycles. The zero-order valence-electron chi connectivity index (χ0n) is 17.7. The van der Waals surface area contributed by atoms with E-state index in [1.165, 1.54) is 45.2 Å². The van der Waals surface area contributed by atoms with Crippen molar-refractivity contribution in [1.82, 2.24) is 9.71 Å². The van der Waals surface area contributed by atoms with Gasteiger partial charge < -0.3 is 14.8 Å². The van der Waals surface area contributed by atoms with Crippen molar-refractivity contribution in [1.29, 1.82) is 0 Å². The van der Waals surface area contributed by atoms with Crippen LogP contribution in [0.1, 0.15) is 13.8 Å². The van der Waals surface area contributed by atoms with Gasteiger partial charge in [0, 0.05) is 11.6 Å². The molecule has 0 bridgehead atoms. The summed E-state index contributed by atoms with van der Waals surface area (Å²) < 4.78 is 37.4. The van der Waals surface area contributed by atoms with Crippen LogP contribution >= 0.6 is 0 Å². The van der Waals surface area contributed by atoms with Crippen LogP contribution in [-0.2, 0) is 24.3 Å². The topological polar surface area (TPSA) is 124 Å². The molecule has 1 unspecified atom stereocenters. The molecule has 0 aliphatic rings. The fourth-order valence-corrected chi connectivity index (χ4v) is 4.07. The van der Waals surface area contributed by atoms with Gasteiger partial charge in [-0.2, -0.15) is 4.72 Å². The van der Waals surface area contributed by atoms with Gasteiger partial charge in [0.1, 0.15) is 11.8 Å². The highest BCUT2D eigenvalue weighted by Gasteiger charge is 2.26. The Morgan fingerprint density at radius 3 is 2.41 bits per heavy atom. The van der Waals surface area contributed by atoms with Crippen molar-refractivity contribution in [2.45, 2.75) is 30.9 Å². The predicted octanol–water partition coefficient (Wildman–Crippen LogP) is 2.48. The lowest BCUT2D eigenvalue weighted by atomic mass is 10.2. The lowest BCUT2D eigenvalue weighted by Crippen LogP contribution is -2.42. The number of methoxy groups -OCH3 is 1. The van der Waals surface area contributed by atoms with E-state index in [2.05, 4.69) is 15.0 Å². The second kappa shape index (κ2) is 9.75. The third-order valence-electron chi connectivity index (χ3n) is 4.62. The lowest BCUT2D eigenvalue weighted by molar-refractivity contribution is -0.154. The van der Waals surface area contributed by atoms with Gasteiger partial charge in [0.05, 0.1) is 23.2 Å². The molecular formula is C22H23N3O6S. The van der Waals surface area contributed by atoms with Crippen LogP contribution in [0.3, 0.4) is 0 Å². The van der Waals surface area contributed by atoms with Crippen LogP contribution in [-0.4, -0.2) is 44.5 Å². The minimum Gasteiger partial charge on any atom is -0.497 e. The number of pyridine rings is 1. The molecular weight excluding hydrogens is 434 g/mol. The number of sulfonamides is 1. The fourth-order valence-electron chi connectivity index (χ4n) is 2.88. The summed E-state index contributed by atoms with van der Waals surface area (Å²) in [5.74, 6) is -0.942. The van der Waals surface area contributed by atoms with E-state index in [0.717, 1.165) is 5.39 Å². The van der Waals surface area contributed by atoms with Crippen molar-refractivity contribution in [3.63, 3.8) is 0 Å². The van der Waals surface area contributed by atoms with Crippen LogP contribution in [0.15, 0.2) is 65.7 Å². The zero-order chi connectivity index (χ0) is 23.3. The molecule has 0 aliphatic carbocycles. The number of hydrogen-bond donors (Lipinski definition) is 2. The second-order valence-electron chi connectivity index (χ2n) is 6.96. The highest BCUT2D eigenvalue weighted by Crippen LogP contribution is 2.21. The van der Waals surface area contributed by atoms with Gasteiger partial charge >= 0.3 is 5.97 Å². The average molecular weight is 458 g/mol. The van der Waals surface area contributed by atoms with Crippen molar-refractivity contribution in [3.05, 3.63) is 60.8 Å². The van der Waals surface area contributed by atoms with Crippen molar-refractivity contribution in [2.75, 3.05) is 12.4 Å². The molecule has 168 valence electrons. The summed E-state index contributed by atoms with van der Waals surface area (Å²) in [5.41, 5.74) is 1.23. The smallest absolute Gasteiger partial charge is 0.324 e. The second-order valence-corrected chi connectivity index (χ2v) is 8.68. The Kier molecular flexibility index (Phi) is 7.06. The molecule has 9 nitrogen and oxygen atoms in total. The van der Waals surface area contributed by atoms with Crippen molar-refractivity contribution >= 4 is 38.5 Å². The number of amides is 1. The molecule has 2 atom stereocenters. The summed E-state index contributed by atoms with van der Waals surface area (Å²) in [6.45, 7) is 2.74. The van der Waals surface area contributed by atoms with E-state index >= 15 is 0 Å². The van der Waals surface area contributed by atoms with Gasteiger partial charge in [-0.1, -0.05) is 6.07 Å². The van der Waals surface area contributed by atoms with Crippen molar-refractivity contribution in [3.8, 4) is 5.75 Å². The van der Waals surface area contributed by atoms with Gasteiger partial charge in [0.25, 0.3) is 5.91 Å². The number of aromatic nitrogens is 1. The Bertz CT molecular complexity index is 1220. The maximum atomic E-state index is 12.5. The number of nitrogens with zero attached hydrogens (tertiary/aromatic N) is 1. The Morgan fingerprint density at radius 2 is 1.72 bits per heavy atom. The standard InChI is InChI=1S/C22H23N3O6S/c1-14(25-32(28,29)17-11-9-16(30-3)10-12-17)22(27)31-15(2)21(26)24-20-8-4-7-19-18(20)6-5-13-23-19/h4-15,25H,1-3H3,(H,24,26)/t14-,15?/m0/s1. The number of benzene rings is 2. The molecule has 0 aliphatic heterocycles. The van der Waals surface area contributed by atoms with Crippen LogP contribution in [0.25, 0.3) is 10.9 Å². The summed E-state index contributed by atoms with van der Waals surface area (Å²) in [6, 6.07) is 13.3. The van der Waals surface area contributed by atoms with Crippen LogP contribution in [0.2, 0.25) is 0 Å². The van der Waals surface area contributed by atoms with E-state index in [9.17, 15) is 18.0 Å². The largest absolute Gasteiger partial charge is 0.497 e. The predicted molar refractivity (Wildman–Crippen MR) is 119 cm³/mol. The Labute approximate surface area is 185 Å². The number of hydrogen-bond acceptors (Lipinski definition) is 7. The summed E-state index contributed by atoms with van der Waals surface area (Å²) in [6.07, 6.45) is 0.495. The molecule has 0 saturated carbocycles. The first kappa shape index (κ1) is 23.2. The molecule has 0 spiro atoms. The van der Waals surface area contributed by atoms with Gasteiger partial charge in [-0.05, 0) is 62.4 Å². The number of esters is 1. The normalized spacial score (nSPS) is 13.2. The first-order valence-corrected chi connectivity index (χ1v) is 11.2. The Morgan fingerprint density at radius 1 is 1.00 bits per heavy atom. The molecule has 2 N–H and O–H groups in total. The van der Waals surface area contributed by atoms with E-state index in [4.69, 9.17) is 9.47 Å². The molecule has 10 heteroatoms. The van der Waals surface area contributed by atoms with Crippen LogP contribution < -0.4 is 14.8 Å². The van der Waals surface area contributed by atoms with E-state index in [-0.39, 0.29) is 4.90 Å². The molecule has 32 heavy (non-hydrogen) atoms. The quantitative estimate of drug-likeness (QED) is 0.498. The maximum absolute atomic E-state index is 12.5. The van der Waals surface area contributed by atoms with E-state index < -0.39 is 34.0 Å². The first-order valence-electron chi connectivity index (χ1n) is 9.73. The number of nitrogens with one attached hydrogen (secondary N) is 2. The molecule has 0 saturated heterocycles. The fraction of sp³-hybridized carbons (Fsp3) is 0.227. The minimum absolute atomic E-state index is 0.0340. The number of rotatable bonds is 8. The molecule has 1 amide bonds. The Balaban J connectivity index is 1.61. The summed E-state index contributed by atoms with van der Waals surface area (Å²) >= 11 is 0. The number of carbonyl (C=O) groups is 2. The average Bonchev–Trinajstić information content (AvgIpc) is 2.79. The number of fused-ring (bicyclic) bond motifs is 1. The van der Waals surface area contributed by atoms with Gasteiger partial charge in [-0.15, -0.1) is 0 Å². The molecule has 0 radical (unpaired) electrons. The zero-order valence-corrected chi connectivity index (χ0v) is 18.5. The first-order chi connectivity index (χ1) is 15.2. The third kappa shape index (κ3) is 5.40. The van der Waals surface area contributed by atoms with E-state index in [0.29, 0.717) is 17.0 Å². The minimum atomic E-state index is -3.97. The summed E-state index contributed by atoms with van der Waals surface area (Å²) in [4.78, 5) is 29.1. The van der Waals surface area contributed by atoms with Crippen LogP contribution in [0.5, 0.6) is 5.75 Å². The highest BCUT2D eigenvalue weighted by molar-refractivity contribution is 7.89. The number of ether oxygens (including phenoxy) is 2. The van der Waals surface area contributed by atoms with Crippen molar-refractivity contribution < 1.29 is 27.5 Å². The highest BCUT2D eigenvalue weighted by atomic mass is 32.2. The van der Waals surface area contributed by atoms with Crippen molar-refractivity contribution in [2.24, 2.45) is 0 Å². The number of anilines is 1.